The van der Waals surface area contributed by atoms with Crippen LogP contribution in [0.4, 0.5) is 0 Å². The monoisotopic (exact) mass is 386 g/mol. The van der Waals surface area contributed by atoms with Gasteiger partial charge in [-0.1, -0.05) is 24.3 Å². The first-order valence-electron chi connectivity index (χ1n) is 8.44. The second-order valence-electron chi connectivity index (χ2n) is 5.93. The number of methoxy groups -OCH3 is 1. The molecule has 2 aromatic heterocycles. The Morgan fingerprint density at radius 2 is 1.93 bits per heavy atom. The van der Waals surface area contributed by atoms with Gasteiger partial charge in [-0.15, -0.1) is 11.3 Å². The lowest BCUT2D eigenvalue weighted by Crippen LogP contribution is -2.00. The van der Waals surface area contributed by atoms with E-state index in [0.29, 0.717) is 27.7 Å². The van der Waals surface area contributed by atoms with Crippen LogP contribution in [-0.2, 0) is 4.74 Å². The molecule has 0 radical (unpaired) electrons. The summed E-state index contributed by atoms with van der Waals surface area (Å²) in [6.45, 7) is 0. The minimum atomic E-state index is -0.385. The van der Waals surface area contributed by atoms with Crippen LogP contribution >= 0.6 is 11.3 Å². The molecule has 0 saturated heterocycles. The van der Waals surface area contributed by atoms with Gasteiger partial charge in [0.05, 0.1) is 28.5 Å². The van der Waals surface area contributed by atoms with Crippen LogP contribution < -0.4 is 0 Å². The van der Waals surface area contributed by atoms with Gasteiger partial charge in [0.2, 0.25) is 0 Å². The van der Waals surface area contributed by atoms with E-state index in [1.54, 1.807) is 36.4 Å². The highest BCUT2D eigenvalue weighted by Crippen LogP contribution is 2.29. The molecule has 0 aliphatic heterocycles. The average molecular weight is 386 g/mol. The molecule has 4 rings (SSSR count). The maximum absolute atomic E-state index is 11.5. The van der Waals surface area contributed by atoms with E-state index in [0.717, 1.165) is 15.8 Å². The first kappa shape index (κ1) is 17.7. The number of fused-ring (bicyclic) bond motifs is 1. The highest BCUT2D eigenvalue weighted by Gasteiger charge is 2.11. The van der Waals surface area contributed by atoms with Gasteiger partial charge in [-0.2, -0.15) is 5.26 Å². The van der Waals surface area contributed by atoms with Gasteiger partial charge in [-0.05, 0) is 36.4 Å². The third kappa shape index (κ3) is 3.43. The molecule has 0 N–H and O–H groups in total. The molecule has 0 aliphatic rings. The van der Waals surface area contributed by atoms with Crippen molar-refractivity contribution in [2.24, 2.45) is 0 Å². The summed E-state index contributed by atoms with van der Waals surface area (Å²) in [5, 5.41) is 10.2. The molecule has 6 heteroatoms. The molecule has 4 aromatic rings. The Bertz CT molecular complexity index is 1190. The quantitative estimate of drug-likeness (QED) is 0.346. The normalized spacial score (nSPS) is 11.4. The Hall–Kier alpha value is -3.69. The van der Waals surface area contributed by atoms with Gasteiger partial charge in [0.25, 0.3) is 0 Å². The van der Waals surface area contributed by atoms with E-state index in [9.17, 15) is 10.1 Å². The molecule has 0 aliphatic carbocycles. The summed E-state index contributed by atoms with van der Waals surface area (Å²) in [6.07, 6.45) is 1.68. The molecule has 5 nitrogen and oxygen atoms in total. The number of benzene rings is 2. The molecule has 2 heterocycles. The molecular formula is C22H14N2O3S. The van der Waals surface area contributed by atoms with Gasteiger partial charge in [-0.3, -0.25) is 0 Å². The summed E-state index contributed by atoms with van der Waals surface area (Å²) in [5.74, 6) is 0.816. The third-order valence-electron chi connectivity index (χ3n) is 4.15. The number of nitrogens with zero attached hydrogens (tertiary/aromatic N) is 2. The first-order valence-corrected chi connectivity index (χ1v) is 9.26. The smallest absolute Gasteiger partial charge is 0.337 e. The summed E-state index contributed by atoms with van der Waals surface area (Å²) < 4.78 is 11.6. The number of ether oxygens (including phenoxy) is 1. The van der Waals surface area contributed by atoms with Crippen LogP contribution in [-0.4, -0.2) is 18.1 Å². The average Bonchev–Trinajstić information content (AvgIpc) is 3.38. The molecule has 0 unspecified atom stereocenters. The lowest BCUT2D eigenvalue weighted by molar-refractivity contribution is 0.0600. The number of carbonyl (C=O) groups is 1. The maximum atomic E-state index is 11.5. The summed E-state index contributed by atoms with van der Waals surface area (Å²) in [4.78, 5) is 16.1. The molecule has 0 amide bonds. The number of carbonyl (C=O) groups excluding carboxylic acids is 1. The van der Waals surface area contributed by atoms with E-state index in [-0.39, 0.29) is 5.97 Å². The highest BCUT2D eigenvalue weighted by atomic mass is 32.1. The Kier molecular flexibility index (Phi) is 4.75. The molecule has 28 heavy (non-hydrogen) atoms. The molecule has 0 spiro atoms. The summed E-state index contributed by atoms with van der Waals surface area (Å²) >= 11 is 1.47. The molecule has 0 fully saturated rings. The van der Waals surface area contributed by atoms with Crippen LogP contribution in [0.25, 0.3) is 33.2 Å². The lowest BCUT2D eigenvalue weighted by atomic mass is 10.1. The van der Waals surface area contributed by atoms with E-state index in [2.05, 4.69) is 11.1 Å². The van der Waals surface area contributed by atoms with Crippen LogP contribution in [0.2, 0.25) is 0 Å². The van der Waals surface area contributed by atoms with Crippen LogP contribution in [0, 0.1) is 11.3 Å². The Balaban J connectivity index is 1.62. The van der Waals surface area contributed by atoms with Crippen molar-refractivity contribution in [3.05, 3.63) is 77.0 Å². The molecule has 0 saturated carbocycles. The number of thiazole rings is 1. The van der Waals surface area contributed by atoms with Crippen molar-refractivity contribution in [3.8, 4) is 17.4 Å². The highest BCUT2D eigenvalue weighted by molar-refractivity contribution is 7.19. The van der Waals surface area contributed by atoms with Gasteiger partial charge in [0.1, 0.15) is 22.6 Å². The van der Waals surface area contributed by atoms with Crippen molar-refractivity contribution < 1.29 is 13.9 Å². The maximum Gasteiger partial charge on any atom is 0.337 e. The predicted octanol–water partition coefficient (Wildman–Crippen LogP) is 5.41. The predicted molar refractivity (Wildman–Crippen MR) is 109 cm³/mol. The SMILES string of the molecule is COC(=O)c1ccc(-c2ccc(C=C(C#N)c3nc4ccccc4s3)o2)cc1. The van der Waals surface area contributed by atoms with Gasteiger partial charge in [0.15, 0.2) is 0 Å². The number of esters is 1. The summed E-state index contributed by atoms with van der Waals surface area (Å²) in [7, 11) is 1.35. The minimum absolute atomic E-state index is 0.385. The van der Waals surface area contributed by atoms with E-state index in [1.165, 1.54) is 18.4 Å². The summed E-state index contributed by atoms with van der Waals surface area (Å²) in [6, 6.07) is 20.5. The van der Waals surface area contributed by atoms with Crippen molar-refractivity contribution in [2.45, 2.75) is 0 Å². The number of hydrogen-bond donors (Lipinski definition) is 0. The number of hydrogen-bond acceptors (Lipinski definition) is 6. The minimum Gasteiger partial charge on any atom is -0.465 e. The zero-order valence-electron chi connectivity index (χ0n) is 14.9. The van der Waals surface area contributed by atoms with E-state index in [4.69, 9.17) is 9.15 Å². The molecule has 2 aromatic carbocycles. The van der Waals surface area contributed by atoms with Crippen molar-refractivity contribution in [2.75, 3.05) is 7.11 Å². The van der Waals surface area contributed by atoms with E-state index in [1.807, 2.05) is 30.3 Å². The largest absolute Gasteiger partial charge is 0.465 e. The number of nitriles is 1. The molecule has 0 bridgehead atoms. The fraction of sp³-hybridized carbons (Fsp3) is 0.0455. The van der Waals surface area contributed by atoms with E-state index >= 15 is 0 Å². The number of aromatic nitrogens is 1. The molecular weight excluding hydrogens is 372 g/mol. The molecule has 0 atom stereocenters. The van der Waals surface area contributed by atoms with Crippen LogP contribution in [0.15, 0.2) is 65.1 Å². The van der Waals surface area contributed by atoms with Crippen LogP contribution in [0.1, 0.15) is 21.1 Å². The van der Waals surface area contributed by atoms with Gasteiger partial charge in [0, 0.05) is 11.6 Å². The zero-order chi connectivity index (χ0) is 19.5. The fourth-order valence-electron chi connectivity index (χ4n) is 2.75. The van der Waals surface area contributed by atoms with Gasteiger partial charge < -0.3 is 9.15 Å². The second kappa shape index (κ2) is 7.51. The van der Waals surface area contributed by atoms with Crippen LogP contribution in [0.3, 0.4) is 0 Å². The zero-order valence-corrected chi connectivity index (χ0v) is 15.7. The standard InChI is InChI=1S/C22H14N2O3S/c1-26-22(25)15-8-6-14(7-9-15)19-11-10-17(27-19)12-16(13-23)21-24-18-4-2-3-5-20(18)28-21/h2-12H,1H3. The van der Waals surface area contributed by atoms with E-state index < -0.39 is 0 Å². The number of rotatable bonds is 4. The lowest BCUT2D eigenvalue weighted by Gasteiger charge is -2.00. The number of para-hydroxylation sites is 1. The van der Waals surface area contributed by atoms with Crippen molar-refractivity contribution in [1.29, 1.82) is 5.26 Å². The topological polar surface area (TPSA) is 76.1 Å². The first-order chi connectivity index (χ1) is 13.7. The van der Waals surface area contributed by atoms with Crippen molar-refractivity contribution >= 4 is 39.2 Å². The second-order valence-corrected chi connectivity index (χ2v) is 6.96. The van der Waals surface area contributed by atoms with Crippen LogP contribution in [0.5, 0.6) is 0 Å². The fourth-order valence-corrected chi connectivity index (χ4v) is 3.68. The van der Waals surface area contributed by atoms with Crippen molar-refractivity contribution in [1.82, 2.24) is 4.98 Å². The number of allylic oxidation sites excluding steroid dienone is 1. The Morgan fingerprint density at radius 1 is 1.14 bits per heavy atom. The Morgan fingerprint density at radius 3 is 2.64 bits per heavy atom. The summed E-state index contributed by atoms with van der Waals surface area (Å²) in [5.41, 5.74) is 2.61. The van der Waals surface area contributed by atoms with Gasteiger partial charge >= 0.3 is 5.97 Å². The van der Waals surface area contributed by atoms with Crippen molar-refractivity contribution in [3.63, 3.8) is 0 Å². The Labute approximate surface area is 165 Å². The molecule has 136 valence electrons. The van der Waals surface area contributed by atoms with Gasteiger partial charge in [-0.25, -0.2) is 9.78 Å². The third-order valence-corrected chi connectivity index (χ3v) is 5.22. The number of furan rings is 1.